The summed E-state index contributed by atoms with van der Waals surface area (Å²) in [4.78, 5) is 14.1. The maximum atomic E-state index is 13.0. The van der Waals surface area contributed by atoms with Gasteiger partial charge in [-0.3, -0.25) is 4.79 Å². The molecule has 0 fully saturated rings. The van der Waals surface area contributed by atoms with Gasteiger partial charge in [-0.1, -0.05) is 19.9 Å². The van der Waals surface area contributed by atoms with Gasteiger partial charge in [0.1, 0.15) is 5.69 Å². The van der Waals surface area contributed by atoms with Crippen molar-refractivity contribution < 1.29 is 18.0 Å². The lowest BCUT2D eigenvalue weighted by Crippen LogP contribution is -2.39. The summed E-state index contributed by atoms with van der Waals surface area (Å²) in [7, 11) is 1.64. The van der Waals surface area contributed by atoms with E-state index >= 15 is 0 Å². The number of rotatable bonds is 5. The summed E-state index contributed by atoms with van der Waals surface area (Å²) in [5.41, 5.74) is 5.00. The number of nitrogens with two attached hydrogens (primary N) is 1. The Balaban J connectivity index is 2.31. The minimum atomic E-state index is -4.53. The minimum Gasteiger partial charge on any atom is -0.341 e. The zero-order chi connectivity index (χ0) is 18.8. The molecular weight excluding hydrogens is 333 g/mol. The lowest BCUT2D eigenvalue weighted by molar-refractivity contribution is -0.142. The van der Waals surface area contributed by atoms with Crippen LogP contribution in [0.25, 0.3) is 5.69 Å². The first-order chi connectivity index (χ1) is 11.5. The third-order valence-electron chi connectivity index (χ3n) is 3.84. The summed E-state index contributed by atoms with van der Waals surface area (Å²) in [6, 6.07) is 6.87. The van der Waals surface area contributed by atoms with Crippen LogP contribution < -0.4 is 5.73 Å². The smallest absolute Gasteiger partial charge is 0.341 e. The molecule has 5 nitrogen and oxygen atoms in total. The van der Waals surface area contributed by atoms with Crippen molar-refractivity contribution >= 4 is 5.91 Å². The first-order valence-corrected chi connectivity index (χ1v) is 7.72. The summed E-state index contributed by atoms with van der Waals surface area (Å²) in [6.45, 7) is 4.72. The van der Waals surface area contributed by atoms with Gasteiger partial charge in [0.2, 0.25) is 0 Å². The average molecular weight is 354 g/mol. The molecule has 1 amide bonds. The van der Waals surface area contributed by atoms with Gasteiger partial charge < -0.3 is 10.6 Å². The predicted octanol–water partition coefficient (Wildman–Crippen LogP) is 2.95. The second-order valence-electron chi connectivity index (χ2n) is 6.71. The summed E-state index contributed by atoms with van der Waals surface area (Å²) in [6.07, 6.45) is -3.45. The first-order valence-electron chi connectivity index (χ1n) is 7.72. The van der Waals surface area contributed by atoms with Crippen LogP contribution in [0.5, 0.6) is 0 Å². The van der Waals surface area contributed by atoms with E-state index in [2.05, 4.69) is 5.10 Å². The Labute approximate surface area is 144 Å². The van der Waals surface area contributed by atoms with E-state index in [9.17, 15) is 18.0 Å². The molecule has 0 aliphatic carbocycles. The highest BCUT2D eigenvalue weighted by atomic mass is 19.4. The van der Waals surface area contributed by atoms with Gasteiger partial charge in [0.05, 0.1) is 11.9 Å². The van der Waals surface area contributed by atoms with Crippen molar-refractivity contribution in [3.05, 3.63) is 47.8 Å². The minimum absolute atomic E-state index is 0.176. The molecule has 0 unspecified atom stereocenters. The molecule has 0 atom stereocenters. The molecule has 0 aliphatic heterocycles. The molecule has 1 aromatic carbocycles. The van der Waals surface area contributed by atoms with Crippen molar-refractivity contribution in [1.82, 2.24) is 14.7 Å². The van der Waals surface area contributed by atoms with E-state index in [0.717, 1.165) is 16.9 Å². The maximum absolute atomic E-state index is 13.0. The molecule has 1 heterocycles. The van der Waals surface area contributed by atoms with E-state index in [1.807, 2.05) is 13.8 Å². The van der Waals surface area contributed by atoms with E-state index in [4.69, 9.17) is 5.73 Å². The van der Waals surface area contributed by atoms with Crippen molar-refractivity contribution in [2.45, 2.75) is 20.0 Å². The number of benzene rings is 1. The maximum Gasteiger partial charge on any atom is 0.433 e. The zero-order valence-corrected chi connectivity index (χ0v) is 14.3. The fourth-order valence-corrected chi connectivity index (χ4v) is 2.49. The number of carbonyl (C=O) groups excluding carboxylic acids is 1. The topological polar surface area (TPSA) is 64.2 Å². The number of halogens is 3. The van der Waals surface area contributed by atoms with Gasteiger partial charge in [0, 0.05) is 19.2 Å². The van der Waals surface area contributed by atoms with E-state index in [1.54, 1.807) is 13.1 Å². The second kappa shape index (κ2) is 6.87. The molecule has 2 N–H and O–H groups in total. The van der Waals surface area contributed by atoms with Gasteiger partial charge in [0.15, 0.2) is 0 Å². The Kier molecular flexibility index (Phi) is 5.22. The number of hydrogen-bond donors (Lipinski definition) is 1. The molecule has 0 radical (unpaired) electrons. The van der Waals surface area contributed by atoms with Gasteiger partial charge >= 0.3 is 6.18 Å². The van der Waals surface area contributed by atoms with Crippen LogP contribution in [-0.4, -0.2) is 40.7 Å². The molecule has 25 heavy (non-hydrogen) atoms. The van der Waals surface area contributed by atoms with Crippen LogP contribution in [-0.2, 0) is 6.18 Å². The van der Waals surface area contributed by atoms with Crippen LogP contribution in [0.3, 0.4) is 0 Å². The van der Waals surface area contributed by atoms with Gasteiger partial charge in [-0.15, -0.1) is 0 Å². The zero-order valence-electron chi connectivity index (χ0n) is 14.3. The summed E-state index contributed by atoms with van der Waals surface area (Å²) in [5.74, 6) is -0.288. The van der Waals surface area contributed by atoms with Crippen molar-refractivity contribution in [3.8, 4) is 5.69 Å². The van der Waals surface area contributed by atoms with Crippen molar-refractivity contribution in [1.29, 1.82) is 0 Å². The summed E-state index contributed by atoms with van der Waals surface area (Å²) >= 11 is 0. The normalized spacial score (nSPS) is 12.3. The number of hydrogen-bond acceptors (Lipinski definition) is 3. The molecule has 0 bridgehead atoms. The van der Waals surface area contributed by atoms with E-state index in [0.29, 0.717) is 13.1 Å². The Morgan fingerprint density at radius 2 is 1.96 bits per heavy atom. The molecule has 0 saturated carbocycles. The van der Waals surface area contributed by atoms with E-state index < -0.39 is 11.9 Å². The highest BCUT2D eigenvalue weighted by molar-refractivity contribution is 5.94. The van der Waals surface area contributed by atoms with Gasteiger partial charge in [-0.05, 0) is 36.2 Å². The summed E-state index contributed by atoms with van der Waals surface area (Å²) in [5, 5.41) is 3.73. The third-order valence-corrected chi connectivity index (χ3v) is 3.84. The Morgan fingerprint density at radius 3 is 2.56 bits per heavy atom. The van der Waals surface area contributed by atoms with Crippen LogP contribution in [0.4, 0.5) is 13.2 Å². The highest BCUT2D eigenvalue weighted by Gasteiger charge is 2.35. The molecule has 0 saturated heterocycles. The van der Waals surface area contributed by atoms with E-state index in [-0.39, 0.29) is 22.6 Å². The van der Waals surface area contributed by atoms with Crippen LogP contribution >= 0.6 is 0 Å². The van der Waals surface area contributed by atoms with Crippen LogP contribution in [0, 0.1) is 5.41 Å². The number of nitrogens with zero attached hydrogens (tertiary/aromatic N) is 3. The molecule has 136 valence electrons. The SMILES string of the molecule is CN(CC(C)(C)CN)C(=O)c1cccc(-n2nccc2C(F)(F)F)c1. The molecule has 0 aliphatic rings. The monoisotopic (exact) mass is 354 g/mol. The number of aromatic nitrogens is 2. The Hall–Kier alpha value is -2.35. The molecule has 2 rings (SSSR count). The fourth-order valence-electron chi connectivity index (χ4n) is 2.49. The van der Waals surface area contributed by atoms with E-state index in [1.165, 1.54) is 23.1 Å². The number of carbonyl (C=O) groups is 1. The van der Waals surface area contributed by atoms with Gasteiger partial charge in [-0.25, -0.2) is 4.68 Å². The largest absolute Gasteiger partial charge is 0.433 e. The number of amides is 1. The van der Waals surface area contributed by atoms with Crippen molar-refractivity contribution in [2.24, 2.45) is 11.1 Å². The lowest BCUT2D eigenvalue weighted by atomic mass is 9.93. The van der Waals surface area contributed by atoms with Crippen LogP contribution in [0.15, 0.2) is 36.5 Å². The molecule has 0 spiro atoms. The highest BCUT2D eigenvalue weighted by Crippen LogP contribution is 2.30. The quantitative estimate of drug-likeness (QED) is 0.898. The van der Waals surface area contributed by atoms with Crippen molar-refractivity contribution in [2.75, 3.05) is 20.1 Å². The predicted molar refractivity (Wildman–Crippen MR) is 88.4 cm³/mol. The van der Waals surface area contributed by atoms with Crippen LogP contribution in [0.1, 0.15) is 29.9 Å². The third kappa shape index (κ3) is 4.39. The standard InChI is InChI=1S/C17H21F3N4O/c1-16(2,10-21)11-23(3)15(25)12-5-4-6-13(9-12)24-14(7-8-22-24)17(18,19)20/h4-9H,10-11,21H2,1-3H3. The Morgan fingerprint density at radius 1 is 1.28 bits per heavy atom. The van der Waals surface area contributed by atoms with Crippen LogP contribution in [0.2, 0.25) is 0 Å². The molecule has 1 aromatic heterocycles. The Bertz CT molecular complexity index is 752. The number of alkyl halides is 3. The second-order valence-corrected chi connectivity index (χ2v) is 6.71. The first kappa shape index (κ1) is 19.0. The molecule has 2 aromatic rings. The lowest BCUT2D eigenvalue weighted by Gasteiger charge is -2.29. The summed E-state index contributed by atoms with van der Waals surface area (Å²) < 4.78 is 39.9. The van der Waals surface area contributed by atoms with Gasteiger partial charge in [-0.2, -0.15) is 18.3 Å². The fraction of sp³-hybridized carbons (Fsp3) is 0.412. The average Bonchev–Trinajstić information content (AvgIpc) is 3.04. The molecular formula is C17H21F3N4O. The molecule has 8 heteroatoms. The van der Waals surface area contributed by atoms with Crippen molar-refractivity contribution in [3.63, 3.8) is 0 Å². The van der Waals surface area contributed by atoms with Gasteiger partial charge in [0.25, 0.3) is 5.91 Å².